The minimum Gasteiger partial charge on any atom is -0.387 e. The second-order valence-electron chi connectivity index (χ2n) is 5.78. The van der Waals surface area contributed by atoms with Crippen molar-refractivity contribution in [3.05, 3.63) is 21.9 Å². The molecule has 0 aromatic carbocycles. The summed E-state index contributed by atoms with van der Waals surface area (Å²) in [7, 11) is 0. The van der Waals surface area contributed by atoms with Crippen molar-refractivity contribution in [2.24, 2.45) is 17.8 Å². The van der Waals surface area contributed by atoms with Gasteiger partial charge >= 0.3 is 0 Å². The van der Waals surface area contributed by atoms with E-state index < -0.39 is 0 Å². The molecule has 1 aliphatic rings. The van der Waals surface area contributed by atoms with E-state index in [0.717, 1.165) is 18.3 Å². The first-order valence-corrected chi connectivity index (χ1v) is 7.68. The summed E-state index contributed by atoms with van der Waals surface area (Å²) in [6.45, 7) is 6.81. The summed E-state index contributed by atoms with van der Waals surface area (Å²) in [4.78, 5) is 2.56. The third-order valence-electron chi connectivity index (χ3n) is 3.98. The maximum absolute atomic E-state index is 10.5. The van der Waals surface area contributed by atoms with E-state index in [9.17, 15) is 5.11 Å². The molecule has 0 aliphatic heterocycles. The standard InChI is InChI=1S/C15H24OS/c1-4-13-5-6-14(17-13)15(16)12-8-10(2)7-11(3)9-12/h5-6,10-12,15-16H,4,7-9H2,1-3H3. The first kappa shape index (κ1) is 13.1. The Balaban J connectivity index is 2.05. The molecule has 3 atom stereocenters. The number of hydrogen-bond donors (Lipinski definition) is 1. The molecule has 0 saturated heterocycles. The highest BCUT2D eigenvalue weighted by Gasteiger charge is 2.30. The van der Waals surface area contributed by atoms with Crippen LogP contribution in [0.3, 0.4) is 0 Å². The van der Waals surface area contributed by atoms with E-state index in [1.165, 1.54) is 29.0 Å². The zero-order chi connectivity index (χ0) is 12.4. The van der Waals surface area contributed by atoms with Crippen molar-refractivity contribution in [1.82, 2.24) is 0 Å². The van der Waals surface area contributed by atoms with Crippen molar-refractivity contribution >= 4 is 11.3 Å². The van der Waals surface area contributed by atoms with Crippen LogP contribution in [0.4, 0.5) is 0 Å². The van der Waals surface area contributed by atoms with Crippen LogP contribution < -0.4 is 0 Å². The van der Waals surface area contributed by atoms with E-state index in [1.807, 2.05) is 0 Å². The van der Waals surface area contributed by atoms with Crippen molar-refractivity contribution < 1.29 is 5.11 Å². The van der Waals surface area contributed by atoms with Gasteiger partial charge in [0.05, 0.1) is 6.10 Å². The van der Waals surface area contributed by atoms with Gasteiger partial charge in [-0.2, -0.15) is 0 Å². The highest BCUT2D eigenvalue weighted by molar-refractivity contribution is 7.12. The van der Waals surface area contributed by atoms with Crippen LogP contribution in [0.25, 0.3) is 0 Å². The molecule has 0 spiro atoms. The van der Waals surface area contributed by atoms with Gasteiger partial charge in [0.1, 0.15) is 0 Å². The number of thiophene rings is 1. The Morgan fingerprint density at radius 2 is 1.88 bits per heavy atom. The first-order chi connectivity index (χ1) is 8.10. The topological polar surface area (TPSA) is 20.2 Å². The van der Waals surface area contributed by atoms with Crippen LogP contribution in [0.15, 0.2) is 12.1 Å². The quantitative estimate of drug-likeness (QED) is 0.844. The molecular formula is C15H24OS. The van der Waals surface area contributed by atoms with Crippen molar-refractivity contribution in [3.63, 3.8) is 0 Å². The number of rotatable bonds is 3. The van der Waals surface area contributed by atoms with Gasteiger partial charge in [0, 0.05) is 9.75 Å². The van der Waals surface area contributed by atoms with E-state index in [4.69, 9.17) is 0 Å². The molecule has 1 fully saturated rings. The van der Waals surface area contributed by atoms with Gasteiger partial charge in [-0.05, 0) is 55.6 Å². The minimum atomic E-state index is -0.231. The maximum atomic E-state index is 10.5. The van der Waals surface area contributed by atoms with Crippen molar-refractivity contribution in [2.45, 2.75) is 52.6 Å². The lowest BCUT2D eigenvalue weighted by molar-refractivity contribution is 0.0577. The molecule has 0 bridgehead atoms. The Morgan fingerprint density at radius 3 is 2.41 bits per heavy atom. The Labute approximate surface area is 109 Å². The third kappa shape index (κ3) is 3.11. The Bertz CT molecular complexity index is 348. The SMILES string of the molecule is CCc1ccc(C(O)C2CC(C)CC(C)C2)s1. The molecule has 1 heterocycles. The highest BCUT2D eigenvalue weighted by Crippen LogP contribution is 2.41. The molecule has 1 aliphatic carbocycles. The summed E-state index contributed by atoms with van der Waals surface area (Å²) < 4.78 is 0. The minimum absolute atomic E-state index is 0.231. The molecule has 17 heavy (non-hydrogen) atoms. The van der Waals surface area contributed by atoms with Crippen LogP contribution >= 0.6 is 11.3 Å². The molecule has 1 aromatic heterocycles. The molecule has 0 amide bonds. The highest BCUT2D eigenvalue weighted by atomic mass is 32.1. The van der Waals surface area contributed by atoms with Crippen molar-refractivity contribution in [2.75, 3.05) is 0 Å². The van der Waals surface area contributed by atoms with Crippen molar-refractivity contribution in [1.29, 1.82) is 0 Å². The van der Waals surface area contributed by atoms with E-state index in [0.29, 0.717) is 5.92 Å². The van der Waals surface area contributed by atoms with E-state index in [2.05, 4.69) is 32.9 Å². The van der Waals surface area contributed by atoms with Gasteiger partial charge in [0.25, 0.3) is 0 Å². The lowest BCUT2D eigenvalue weighted by atomic mass is 9.74. The molecule has 3 unspecified atom stereocenters. The molecule has 96 valence electrons. The molecule has 2 rings (SSSR count). The molecular weight excluding hydrogens is 228 g/mol. The average molecular weight is 252 g/mol. The predicted octanol–water partition coefficient (Wildman–Crippen LogP) is 4.42. The fraction of sp³-hybridized carbons (Fsp3) is 0.733. The third-order valence-corrected chi connectivity index (χ3v) is 5.28. The van der Waals surface area contributed by atoms with Gasteiger partial charge in [0.2, 0.25) is 0 Å². The first-order valence-electron chi connectivity index (χ1n) is 6.86. The van der Waals surface area contributed by atoms with Crippen LogP contribution in [0.2, 0.25) is 0 Å². The van der Waals surface area contributed by atoms with Crippen LogP contribution in [-0.2, 0) is 6.42 Å². The normalized spacial score (nSPS) is 31.4. The molecule has 0 radical (unpaired) electrons. The lowest BCUT2D eigenvalue weighted by Crippen LogP contribution is -2.24. The molecule has 2 heteroatoms. The van der Waals surface area contributed by atoms with Crippen LogP contribution in [0, 0.1) is 17.8 Å². The number of hydrogen-bond acceptors (Lipinski definition) is 2. The van der Waals surface area contributed by atoms with Gasteiger partial charge in [-0.1, -0.05) is 20.8 Å². The van der Waals surface area contributed by atoms with E-state index in [-0.39, 0.29) is 6.10 Å². The summed E-state index contributed by atoms with van der Waals surface area (Å²) in [5.41, 5.74) is 0. The van der Waals surface area contributed by atoms with Crippen LogP contribution in [0.1, 0.15) is 55.9 Å². The Hall–Kier alpha value is -0.340. The summed E-state index contributed by atoms with van der Waals surface area (Å²) >= 11 is 1.79. The molecule has 1 N–H and O–H groups in total. The number of aliphatic hydroxyl groups is 1. The number of aryl methyl sites for hydroxylation is 1. The second-order valence-corrected chi connectivity index (χ2v) is 6.98. The number of aliphatic hydroxyl groups excluding tert-OH is 1. The second kappa shape index (κ2) is 5.53. The van der Waals surface area contributed by atoms with Gasteiger partial charge in [-0.15, -0.1) is 11.3 Å². The smallest absolute Gasteiger partial charge is 0.0910 e. The Morgan fingerprint density at radius 1 is 1.24 bits per heavy atom. The van der Waals surface area contributed by atoms with Crippen molar-refractivity contribution in [3.8, 4) is 0 Å². The van der Waals surface area contributed by atoms with Gasteiger partial charge < -0.3 is 5.11 Å². The monoisotopic (exact) mass is 252 g/mol. The lowest BCUT2D eigenvalue weighted by Gasteiger charge is -2.34. The maximum Gasteiger partial charge on any atom is 0.0910 e. The molecule has 1 aromatic rings. The van der Waals surface area contributed by atoms with Gasteiger partial charge in [-0.3, -0.25) is 0 Å². The largest absolute Gasteiger partial charge is 0.387 e. The molecule has 1 saturated carbocycles. The average Bonchev–Trinajstić information content (AvgIpc) is 2.75. The fourth-order valence-electron chi connectivity index (χ4n) is 3.24. The van der Waals surface area contributed by atoms with Crippen LogP contribution in [-0.4, -0.2) is 5.11 Å². The predicted molar refractivity (Wildman–Crippen MR) is 74.3 cm³/mol. The Kier molecular flexibility index (Phi) is 4.26. The van der Waals surface area contributed by atoms with Gasteiger partial charge in [-0.25, -0.2) is 0 Å². The summed E-state index contributed by atoms with van der Waals surface area (Å²) in [5.74, 6) is 2.00. The van der Waals surface area contributed by atoms with Gasteiger partial charge in [0.15, 0.2) is 0 Å². The summed E-state index contributed by atoms with van der Waals surface area (Å²) in [5, 5.41) is 10.5. The summed E-state index contributed by atoms with van der Waals surface area (Å²) in [6.07, 6.45) is 4.55. The fourth-order valence-corrected chi connectivity index (χ4v) is 4.28. The van der Waals surface area contributed by atoms with Crippen LogP contribution in [0.5, 0.6) is 0 Å². The van der Waals surface area contributed by atoms with E-state index >= 15 is 0 Å². The zero-order valence-corrected chi connectivity index (χ0v) is 12.0. The molecule has 1 nitrogen and oxygen atoms in total. The van der Waals surface area contributed by atoms with E-state index in [1.54, 1.807) is 11.3 Å². The summed E-state index contributed by atoms with van der Waals surface area (Å²) in [6, 6.07) is 4.29. The zero-order valence-electron chi connectivity index (χ0n) is 11.1.